The van der Waals surface area contributed by atoms with Crippen LogP contribution in [0.25, 0.3) is 0 Å². The third kappa shape index (κ3) is 6.94. The first-order valence-corrected chi connectivity index (χ1v) is 9.62. The smallest absolute Gasteiger partial charge is 0.322 e. The molecule has 0 fully saturated rings. The molecule has 0 aliphatic carbocycles. The topological polar surface area (TPSA) is 96.7 Å². The predicted octanol–water partition coefficient (Wildman–Crippen LogP) is 4.13. The average Bonchev–Trinajstić information content (AvgIpc) is 3.19. The Balaban J connectivity index is 2.02. The Morgan fingerprint density at radius 3 is 2.64 bits per heavy atom. The SMILES string of the molecule is CCCCCCN(CC(=O)Nc1ccon1)C(=O)Nc1ccccc1OCC. The van der Waals surface area contributed by atoms with E-state index >= 15 is 0 Å². The van der Waals surface area contributed by atoms with Gasteiger partial charge >= 0.3 is 6.03 Å². The van der Waals surface area contributed by atoms with E-state index in [4.69, 9.17) is 9.26 Å². The van der Waals surface area contributed by atoms with E-state index in [1.54, 1.807) is 18.2 Å². The Labute approximate surface area is 165 Å². The fourth-order valence-corrected chi connectivity index (χ4v) is 2.66. The van der Waals surface area contributed by atoms with Gasteiger partial charge in [-0.1, -0.05) is 43.5 Å². The standard InChI is InChI=1S/C20H28N4O4/c1-3-5-6-9-13-24(15-19(25)22-18-12-14-28-23-18)20(26)21-16-10-7-8-11-17(16)27-4-2/h7-8,10-12,14H,3-6,9,13,15H2,1-2H3,(H,21,26)(H,22,23,25). The van der Waals surface area contributed by atoms with Crippen LogP contribution in [0, 0.1) is 0 Å². The van der Waals surface area contributed by atoms with Crippen LogP contribution in [-0.2, 0) is 4.79 Å². The van der Waals surface area contributed by atoms with E-state index in [9.17, 15) is 9.59 Å². The molecule has 2 aromatic rings. The molecule has 0 radical (unpaired) electrons. The Hall–Kier alpha value is -3.03. The summed E-state index contributed by atoms with van der Waals surface area (Å²) in [5, 5.41) is 9.11. The van der Waals surface area contributed by atoms with Gasteiger partial charge in [-0.05, 0) is 25.5 Å². The second-order valence-corrected chi connectivity index (χ2v) is 6.27. The molecule has 0 unspecified atom stereocenters. The summed E-state index contributed by atoms with van der Waals surface area (Å²) >= 11 is 0. The van der Waals surface area contributed by atoms with Crippen molar-refractivity contribution in [3.63, 3.8) is 0 Å². The van der Waals surface area contributed by atoms with Crippen molar-refractivity contribution in [3.8, 4) is 5.75 Å². The van der Waals surface area contributed by atoms with Crippen LogP contribution in [0.5, 0.6) is 5.75 Å². The van der Waals surface area contributed by atoms with Crippen LogP contribution in [-0.4, -0.2) is 41.7 Å². The van der Waals surface area contributed by atoms with Crippen molar-refractivity contribution < 1.29 is 18.8 Å². The van der Waals surface area contributed by atoms with Gasteiger partial charge in [0, 0.05) is 12.6 Å². The van der Waals surface area contributed by atoms with Gasteiger partial charge in [-0.15, -0.1) is 0 Å². The van der Waals surface area contributed by atoms with Crippen LogP contribution in [0.4, 0.5) is 16.3 Å². The molecule has 0 atom stereocenters. The molecule has 2 N–H and O–H groups in total. The molecule has 8 heteroatoms. The molecule has 0 aliphatic rings. The second-order valence-electron chi connectivity index (χ2n) is 6.27. The third-order valence-electron chi connectivity index (χ3n) is 4.04. The van der Waals surface area contributed by atoms with Gasteiger partial charge in [-0.25, -0.2) is 4.79 Å². The van der Waals surface area contributed by atoms with Gasteiger partial charge in [0.1, 0.15) is 18.6 Å². The number of urea groups is 1. The molecule has 0 bridgehead atoms. The van der Waals surface area contributed by atoms with Crippen LogP contribution in [0.15, 0.2) is 41.1 Å². The first-order valence-electron chi connectivity index (χ1n) is 9.62. The highest BCUT2D eigenvalue weighted by Gasteiger charge is 2.19. The first kappa shape index (κ1) is 21.3. The summed E-state index contributed by atoms with van der Waals surface area (Å²) in [6, 6.07) is 8.42. The zero-order valence-electron chi connectivity index (χ0n) is 16.4. The zero-order chi connectivity index (χ0) is 20.2. The van der Waals surface area contributed by atoms with E-state index in [1.807, 2.05) is 19.1 Å². The lowest BCUT2D eigenvalue weighted by molar-refractivity contribution is -0.116. The largest absolute Gasteiger partial charge is 0.492 e. The molecule has 0 aliphatic heterocycles. The molecule has 0 saturated carbocycles. The summed E-state index contributed by atoms with van der Waals surface area (Å²) in [5.74, 6) is 0.576. The summed E-state index contributed by atoms with van der Waals surface area (Å²) in [7, 11) is 0. The van der Waals surface area contributed by atoms with E-state index < -0.39 is 0 Å². The molecular formula is C20H28N4O4. The second kappa shape index (κ2) is 11.6. The van der Waals surface area contributed by atoms with Gasteiger partial charge < -0.3 is 24.8 Å². The van der Waals surface area contributed by atoms with E-state index in [0.29, 0.717) is 30.4 Å². The number of nitrogens with zero attached hydrogens (tertiary/aromatic N) is 2. The normalized spacial score (nSPS) is 10.4. The number of ether oxygens (including phenoxy) is 1. The fraction of sp³-hybridized carbons (Fsp3) is 0.450. The molecule has 3 amide bonds. The number of hydrogen-bond acceptors (Lipinski definition) is 5. The lowest BCUT2D eigenvalue weighted by atomic mass is 10.2. The maximum atomic E-state index is 12.8. The number of benzene rings is 1. The van der Waals surface area contributed by atoms with Crippen LogP contribution in [0.1, 0.15) is 39.5 Å². The van der Waals surface area contributed by atoms with Crippen molar-refractivity contribution in [2.75, 3.05) is 30.3 Å². The highest BCUT2D eigenvalue weighted by Crippen LogP contribution is 2.24. The Kier molecular flexibility index (Phi) is 8.84. The summed E-state index contributed by atoms with van der Waals surface area (Å²) in [6.45, 7) is 4.90. The molecule has 152 valence electrons. The summed E-state index contributed by atoms with van der Waals surface area (Å²) < 4.78 is 10.3. The number of hydrogen-bond donors (Lipinski definition) is 2. The van der Waals surface area contributed by atoms with Crippen LogP contribution in [0.3, 0.4) is 0 Å². The van der Waals surface area contributed by atoms with Crippen LogP contribution < -0.4 is 15.4 Å². The van der Waals surface area contributed by atoms with Gasteiger partial charge in [0.2, 0.25) is 5.91 Å². The zero-order valence-corrected chi connectivity index (χ0v) is 16.4. The number of aromatic nitrogens is 1. The minimum atomic E-state index is -0.348. The Morgan fingerprint density at radius 2 is 1.93 bits per heavy atom. The van der Waals surface area contributed by atoms with Crippen molar-refractivity contribution in [1.82, 2.24) is 10.1 Å². The summed E-state index contributed by atoms with van der Waals surface area (Å²) in [5.41, 5.74) is 0.574. The molecule has 0 spiro atoms. The number of unbranched alkanes of at least 4 members (excludes halogenated alkanes) is 3. The van der Waals surface area contributed by atoms with Gasteiger partial charge in [-0.2, -0.15) is 0 Å². The molecule has 2 rings (SSSR count). The number of carbonyl (C=O) groups is 2. The molecule has 1 aromatic carbocycles. The summed E-state index contributed by atoms with van der Waals surface area (Å²) in [6.07, 6.45) is 5.39. The van der Waals surface area contributed by atoms with Crippen molar-refractivity contribution in [2.24, 2.45) is 0 Å². The Morgan fingerprint density at radius 1 is 1.11 bits per heavy atom. The van der Waals surface area contributed by atoms with Crippen molar-refractivity contribution in [1.29, 1.82) is 0 Å². The maximum Gasteiger partial charge on any atom is 0.322 e. The maximum absolute atomic E-state index is 12.8. The fourth-order valence-electron chi connectivity index (χ4n) is 2.66. The molecule has 1 heterocycles. The monoisotopic (exact) mass is 388 g/mol. The first-order chi connectivity index (χ1) is 13.6. The number of rotatable bonds is 11. The Bertz CT molecular complexity index is 734. The highest BCUT2D eigenvalue weighted by atomic mass is 16.5. The predicted molar refractivity (Wildman–Crippen MR) is 107 cm³/mol. The molecule has 1 aromatic heterocycles. The molecule has 8 nitrogen and oxygen atoms in total. The minimum absolute atomic E-state index is 0.0817. The quantitative estimate of drug-likeness (QED) is 0.564. The van der Waals surface area contributed by atoms with Crippen molar-refractivity contribution in [2.45, 2.75) is 39.5 Å². The number of anilines is 2. The van der Waals surface area contributed by atoms with E-state index in [-0.39, 0.29) is 18.5 Å². The number of amides is 3. The van der Waals surface area contributed by atoms with Gasteiger partial charge in [0.25, 0.3) is 0 Å². The van der Waals surface area contributed by atoms with E-state index in [0.717, 1.165) is 25.7 Å². The van der Waals surface area contributed by atoms with E-state index in [2.05, 4.69) is 22.7 Å². The third-order valence-corrected chi connectivity index (χ3v) is 4.04. The lowest BCUT2D eigenvalue weighted by Crippen LogP contribution is -2.41. The molecular weight excluding hydrogens is 360 g/mol. The minimum Gasteiger partial charge on any atom is -0.492 e. The number of nitrogens with one attached hydrogen (secondary N) is 2. The number of para-hydroxylation sites is 2. The van der Waals surface area contributed by atoms with Gasteiger partial charge in [0.15, 0.2) is 5.82 Å². The van der Waals surface area contributed by atoms with Crippen LogP contribution in [0.2, 0.25) is 0 Å². The molecule has 28 heavy (non-hydrogen) atoms. The van der Waals surface area contributed by atoms with Crippen molar-refractivity contribution >= 4 is 23.4 Å². The molecule has 0 saturated heterocycles. The highest BCUT2D eigenvalue weighted by molar-refractivity contribution is 5.97. The van der Waals surface area contributed by atoms with Crippen LogP contribution >= 0.6 is 0 Å². The average molecular weight is 388 g/mol. The number of carbonyl (C=O) groups excluding carboxylic acids is 2. The van der Waals surface area contributed by atoms with Crippen molar-refractivity contribution in [3.05, 3.63) is 36.6 Å². The summed E-state index contributed by atoms with van der Waals surface area (Å²) in [4.78, 5) is 26.6. The van der Waals surface area contributed by atoms with Gasteiger partial charge in [-0.3, -0.25) is 4.79 Å². The lowest BCUT2D eigenvalue weighted by Gasteiger charge is -2.23. The van der Waals surface area contributed by atoms with E-state index in [1.165, 1.54) is 11.2 Å². The van der Waals surface area contributed by atoms with Gasteiger partial charge in [0.05, 0.1) is 12.3 Å².